The second-order valence-electron chi connectivity index (χ2n) is 3.53. The summed E-state index contributed by atoms with van der Waals surface area (Å²) in [7, 11) is 0. The topological polar surface area (TPSA) is 49.6 Å². The Balaban J connectivity index is 2.21. The van der Waals surface area contributed by atoms with Crippen molar-refractivity contribution in [3.63, 3.8) is 0 Å². The fourth-order valence-corrected chi connectivity index (χ4v) is 3.40. The molecule has 3 aromatic rings. The number of thiazole rings is 1. The van der Waals surface area contributed by atoms with E-state index in [9.17, 15) is 5.26 Å². The van der Waals surface area contributed by atoms with Crippen LogP contribution < -0.4 is 0 Å². The van der Waals surface area contributed by atoms with E-state index < -0.39 is 0 Å². The largest absolute Gasteiger partial charge is 0.255 e. The minimum atomic E-state index is 0.592. The number of para-hydroxylation sites is 1. The Morgan fingerprint density at radius 2 is 2.11 bits per heavy atom. The minimum Gasteiger partial charge on any atom is -0.255 e. The molecule has 2 heterocycles. The van der Waals surface area contributed by atoms with Crippen LogP contribution in [0, 0.1) is 11.3 Å². The Labute approximate surface area is 112 Å². The van der Waals surface area contributed by atoms with Gasteiger partial charge in [-0.3, -0.25) is 4.98 Å². The van der Waals surface area contributed by atoms with Crippen LogP contribution in [0.25, 0.3) is 10.9 Å². The Bertz CT molecular complexity index is 730. The summed E-state index contributed by atoms with van der Waals surface area (Å²) in [6.07, 6.45) is 3.39. The minimum absolute atomic E-state index is 0.592. The fraction of sp³-hybridized carbons (Fsp3) is 0. The van der Waals surface area contributed by atoms with E-state index in [4.69, 9.17) is 0 Å². The van der Waals surface area contributed by atoms with Crippen molar-refractivity contribution in [2.45, 2.75) is 9.24 Å². The molecule has 1 aromatic carbocycles. The lowest BCUT2D eigenvalue weighted by atomic mass is 10.2. The molecule has 0 atom stereocenters. The summed E-state index contributed by atoms with van der Waals surface area (Å²) in [4.78, 5) is 9.46. The van der Waals surface area contributed by atoms with Gasteiger partial charge in [-0.25, -0.2) is 4.98 Å². The molecule has 0 aliphatic heterocycles. The van der Waals surface area contributed by atoms with Crippen LogP contribution in [0.5, 0.6) is 0 Å². The fourth-order valence-electron chi connectivity index (χ4n) is 1.65. The van der Waals surface area contributed by atoms with Crippen LogP contribution in [0.2, 0.25) is 0 Å². The van der Waals surface area contributed by atoms with Crippen LogP contribution in [0.1, 0.15) is 5.56 Å². The van der Waals surface area contributed by atoms with Gasteiger partial charge in [-0.2, -0.15) is 5.26 Å². The standard InChI is InChI=1S/C13H7N3S2/c14-7-9-8-16-11-4-2-1-3-10(11)12(9)18-13-15-5-6-17-13/h1-6,8H. The number of nitrogens with zero attached hydrogens (tertiary/aromatic N) is 3. The number of hydrogen-bond donors (Lipinski definition) is 0. The van der Waals surface area contributed by atoms with Gasteiger partial charge in [-0.1, -0.05) is 30.0 Å². The zero-order valence-corrected chi connectivity index (χ0v) is 10.8. The third kappa shape index (κ3) is 1.96. The van der Waals surface area contributed by atoms with Gasteiger partial charge in [0.25, 0.3) is 0 Å². The second-order valence-corrected chi connectivity index (χ2v) is 5.68. The van der Waals surface area contributed by atoms with Crippen molar-refractivity contribution in [2.24, 2.45) is 0 Å². The van der Waals surface area contributed by atoms with Crippen LogP contribution in [-0.2, 0) is 0 Å². The summed E-state index contributed by atoms with van der Waals surface area (Å²) in [6, 6.07) is 10.0. The Morgan fingerprint density at radius 1 is 1.22 bits per heavy atom. The number of pyridine rings is 1. The normalized spacial score (nSPS) is 10.4. The van der Waals surface area contributed by atoms with Gasteiger partial charge in [0.15, 0.2) is 4.34 Å². The summed E-state index contributed by atoms with van der Waals surface area (Å²) in [5.41, 5.74) is 1.49. The molecular formula is C13H7N3S2. The first-order valence-corrected chi connectivity index (χ1v) is 6.93. The zero-order valence-electron chi connectivity index (χ0n) is 9.20. The molecule has 0 bridgehead atoms. The summed E-state index contributed by atoms with van der Waals surface area (Å²) >= 11 is 3.09. The average Bonchev–Trinajstić information content (AvgIpc) is 2.92. The lowest BCUT2D eigenvalue weighted by Gasteiger charge is -2.05. The molecule has 0 radical (unpaired) electrons. The predicted molar refractivity (Wildman–Crippen MR) is 72.7 cm³/mol. The first kappa shape index (κ1) is 11.2. The molecule has 0 amide bonds. The maximum absolute atomic E-state index is 9.19. The maximum atomic E-state index is 9.19. The highest BCUT2D eigenvalue weighted by molar-refractivity contribution is 8.01. The number of fused-ring (bicyclic) bond motifs is 1. The van der Waals surface area contributed by atoms with Crippen LogP contribution in [0.3, 0.4) is 0 Å². The van der Waals surface area contributed by atoms with E-state index in [1.165, 1.54) is 11.8 Å². The lowest BCUT2D eigenvalue weighted by molar-refractivity contribution is 1.24. The van der Waals surface area contributed by atoms with E-state index in [0.29, 0.717) is 5.56 Å². The molecule has 5 heteroatoms. The second kappa shape index (κ2) is 4.77. The van der Waals surface area contributed by atoms with E-state index in [-0.39, 0.29) is 0 Å². The summed E-state index contributed by atoms with van der Waals surface area (Å²) in [5.74, 6) is 0. The van der Waals surface area contributed by atoms with Gasteiger partial charge in [0.05, 0.1) is 11.1 Å². The van der Waals surface area contributed by atoms with Crippen molar-refractivity contribution in [1.82, 2.24) is 9.97 Å². The molecule has 0 saturated carbocycles. The molecular weight excluding hydrogens is 262 g/mol. The van der Waals surface area contributed by atoms with Gasteiger partial charge < -0.3 is 0 Å². The SMILES string of the molecule is N#Cc1cnc2ccccc2c1Sc1nccs1. The Morgan fingerprint density at radius 3 is 2.89 bits per heavy atom. The molecule has 18 heavy (non-hydrogen) atoms. The van der Waals surface area contributed by atoms with Gasteiger partial charge in [-0.05, 0) is 6.07 Å². The van der Waals surface area contributed by atoms with Gasteiger partial charge in [0, 0.05) is 28.1 Å². The quantitative estimate of drug-likeness (QED) is 0.711. The van der Waals surface area contributed by atoms with E-state index in [0.717, 1.165) is 20.1 Å². The smallest absolute Gasteiger partial charge is 0.154 e. The van der Waals surface area contributed by atoms with Gasteiger partial charge >= 0.3 is 0 Å². The molecule has 0 fully saturated rings. The lowest BCUT2D eigenvalue weighted by Crippen LogP contribution is -1.87. The first-order valence-electron chi connectivity index (χ1n) is 5.23. The number of aromatic nitrogens is 2. The van der Waals surface area contributed by atoms with E-state index in [1.807, 2.05) is 29.6 Å². The number of rotatable bonds is 2. The van der Waals surface area contributed by atoms with Crippen molar-refractivity contribution < 1.29 is 0 Å². The van der Waals surface area contributed by atoms with Crippen LogP contribution in [0.15, 0.2) is 51.3 Å². The van der Waals surface area contributed by atoms with E-state index >= 15 is 0 Å². The zero-order chi connectivity index (χ0) is 12.4. The molecule has 0 N–H and O–H groups in total. The number of hydrogen-bond acceptors (Lipinski definition) is 5. The van der Waals surface area contributed by atoms with Gasteiger partial charge in [0.2, 0.25) is 0 Å². The van der Waals surface area contributed by atoms with Crippen LogP contribution in [-0.4, -0.2) is 9.97 Å². The average molecular weight is 269 g/mol. The van der Waals surface area contributed by atoms with E-state index in [2.05, 4.69) is 16.0 Å². The van der Waals surface area contributed by atoms with Crippen molar-refractivity contribution in [1.29, 1.82) is 5.26 Å². The van der Waals surface area contributed by atoms with E-state index in [1.54, 1.807) is 23.7 Å². The molecule has 0 aliphatic carbocycles. The van der Waals surface area contributed by atoms with Crippen LogP contribution >= 0.6 is 23.1 Å². The summed E-state index contributed by atoms with van der Waals surface area (Å²) < 4.78 is 0.933. The molecule has 3 nitrogen and oxygen atoms in total. The molecule has 86 valence electrons. The van der Waals surface area contributed by atoms with Crippen LogP contribution in [0.4, 0.5) is 0 Å². The summed E-state index contributed by atoms with van der Waals surface area (Å²) in [5, 5.41) is 12.1. The third-order valence-electron chi connectivity index (χ3n) is 2.45. The highest BCUT2D eigenvalue weighted by atomic mass is 32.2. The first-order chi connectivity index (χ1) is 8.88. The Kier molecular flexibility index (Phi) is 2.97. The molecule has 0 spiro atoms. The number of benzene rings is 1. The van der Waals surface area contributed by atoms with Crippen molar-refractivity contribution in [3.8, 4) is 6.07 Å². The molecule has 0 unspecified atom stereocenters. The Hall–Kier alpha value is -1.90. The molecule has 0 saturated heterocycles. The third-order valence-corrected chi connectivity index (χ3v) is 4.47. The highest BCUT2D eigenvalue weighted by Gasteiger charge is 2.11. The molecule has 2 aromatic heterocycles. The summed E-state index contributed by atoms with van der Waals surface area (Å²) in [6.45, 7) is 0. The molecule has 0 aliphatic rings. The predicted octanol–water partition coefficient (Wildman–Crippen LogP) is 3.71. The molecule has 3 rings (SSSR count). The van der Waals surface area contributed by atoms with Gasteiger partial charge in [0.1, 0.15) is 6.07 Å². The van der Waals surface area contributed by atoms with Gasteiger partial charge in [-0.15, -0.1) is 11.3 Å². The van der Waals surface area contributed by atoms with Crippen molar-refractivity contribution in [2.75, 3.05) is 0 Å². The monoisotopic (exact) mass is 269 g/mol. The van der Waals surface area contributed by atoms with Crippen molar-refractivity contribution >= 4 is 34.0 Å². The highest BCUT2D eigenvalue weighted by Crippen LogP contribution is 2.36. The maximum Gasteiger partial charge on any atom is 0.154 e. The van der Waals surface area contributed by atoms with Crippen molar-refractivity contribution in [3.05, 3.63) is 47.6 Å². The number of nitriles is 1.